The minimum atomic E-state index is -0.184. The summed E-state index contributed by atoms with van der Waals surface area (Å²) >= 11 is 1.76. The second kappa shape index (κ2) is 4.18. The van der Waals surface area contributed by atoms with E-state index < -0.39 is 0 Å². The summed E-state index contributed by atoms with van der Waals surface area (Å²) in [6, 6.07) is 2.51. The van der Waals surface area contributed by atoms with Crippen molar-refractivity contribution in [1.82, 2.24) is 4.98 Å². The monoisotopic (exact) mass is 234 g/mol. The van der Waals surface area contributed by atoms with Crippen LogP contribution in [0.4, 0.5) is 0 Å². The van der Waals surface area contributed by atoms with Gasteiger partial charge in [0.1, 0.15) is 0 Å². The third-order valence-electron chi connectivity index (χ3n) is 3.28. The molecule has 0 unspecified atom stereocenters. The molecule has 1 aromatic heterocycles. The van der Waals surface area contributed by atoms with Crippen molar-refractivity contribution in [2.45, 2.75) is 51.9 Å². The lowest BCUT2D eigenvalue weighted by Crippen LogP contribution is -2.32. The Morgan fingerprint density at radius 1 is 1.50 bits per heavy atom. The van der Waals surface area contributed by atoms with E-state index in [1.54, 1.807) is 11.3 Å². The zero-order valence-corrected chi connectivity index (χ0v) is 11.0. The fourth-order valence-electron chi connectivity index (χ4n) is 2.25. The molecular weight excluding hydrogens is 216 g/mol. The zero-order chi connectivity index (χ0) is 11.8. The Labute approximate surface area is 101 Å². The van der Waals surface area contributed by atoms with Gasteiger partial charge in [-0.2, -0.15) is 5.26 Å². The van der Waals surface area contributed by atoms with Crippen LogP contribution in [0.2, 0.25) is 0 Å². The highest BCUT2D eigenvalue weighted by Crippen LogP contribution is 2.46. The Hall–Kier alpha value is -0.880. The number of nitrogens with zero attached hydrogens (tertiary/aromatic N) is 2. The van der Waals surface area contributed by atoms with Crippen LogP contribution in [0.15, 0.2) is 0 Å². The van der Waals surface area contributed by atoms with Crippen LogP contribution in [0.25, 0.3) is 0 Å². The van der Waals surface area contributed by atoms with Crippen molar-refractivity contribution >= 4 is 11.3 Å². The van der Waals surface area contributed by atoms with Crippen LogP contribution >= 0.6 is 11.3 Å². The number of aromatic nitrogens is 1. The normalized spacial score (nSPS) is 18.2. The quantitative estimate of drug-likeness (QED) is 0.801. The molecule has 86 valence electrons. The highest BCUT2D eigenvalue weighted by atomic mass is 32.1. The molecule has 1 aromatic rings. The van der Waals surface area contributed by atoms with E-state index in [2.05, 4.69) is 24.9 Å². The summed E-state index contributed by atoms with van der Waals surface area (Å²) in [7, 11) is 0. The minimum absolute atomic E-state index is 0.184. The van der Waals surface area contributed by atoms with Crippen LogP contribution in [0.3, 0.4) is 0 Å². The summed E-state index contributed by atoms with van der Waals surface area (Å²) in [4.78, 5) is 5.85. The van der Waals surface area contributed by atoms with E-state index in [1.165, 1.54) is 16.3 Å². The third-order valence-corrected chi connectivity index (χ3v) is 4.66. The molecular formula is C13H18N2S. The van der Waals surface area contributed by atoms with Crippen molar-refractivity contribution in [2.24, 2.45) is 5.92 Å². The lowest BCUT2D eigenvalue weighted by Gasteiger charge is -2.34. The lowest BCUT2D eigenvalue weighted by molar-refractivity contribution is 0.328. The summed E-state index contributed by atoms with van der Waals surface area (Å²) < 4.78 is 0. The van der Waals surface area contributed by atoms with Gasteiger partial charge in [-0.1, -0.05) is 13.8 Å². The summed E-state index contributed by atoms with van der Waals surface area (Å²) in [6.45, 7) is 6.46. The van der Waals surface area contributed by atoms with Crippen molar-refractivity contribution in [3.63, 3.8) is 0 Å². The highest BCUT2D eigenvalue weighted by Gasteiger charge is 2.42. The highest BCUT2D eigenvalue weighted by molar-refractivity contribution is 7.12. The van der Waals surface area contributed by atoms with Gasteiger partial charge in [0.25, 0.3) is 0 Å². The first-order chi connectivity index (χ1) is 7.57. The molecule has 0 atom stereocenters. The predicted octanol–water partition coefficient (Wildman–Crippen LogP) is 3.60. The first-order valence-electron chi connectivity index (χ1n) is 5.95. The van der Waals surface area contributed by atoms with E-state index in [1.807, 2.05) is 6.92 Å². The molecule has 1 heterocycles. The summed E-state index contributed by atoms with van der Waals surface area (Å²) in [6.07, 6.45) is 4.26. The molecule has 0 bridgehead atoms. The van der Waals surface area contributed by atoms with Crippen LogP contribution in [0, 0.1) is 24.2 Å². The van der Waals surface area contributed by atoms with Gasteiger partial charge in [-0.3, -0.25) is 0 Å². The molecule has 3 heteroatoms. The van der Waals surface area contributed by atoms with E-state index in [-0.39, 0.29) is 5.41 Å². The number of rotatable bonds is 3. The average Bonchev–Trinajstić information content (AvgIpc) is 2.46. The fourth-order valence-corrected chi connectivity index (χ4v) is 3.73. The predicted molar refractivity (Wildman–Crippen MR) is 66.5 cm³/mol. The second-order valence-electron chi connectivity index (χ2n) is 5.17. The van der Waals surface area contributed by atoms with Crippen LogP contribution in [-0.2, 0) is 11.8 Å². The summed E-state index contributed by atoms with van der Waals surface area (Å²) in [5, 5.41) is 10.5. The molecule has 0 amide bonds. The van der Waals surface area contributed by atoms with Crippen molar-refractivity contribution in [1.29, 1.82) is 5.26 Å². The van der Waals surface area contributed by atoms with Gasteiger partial charge in [0, 0.05) is 11.3 Å². The fraction of sp³-hybridized carbons (Fsp3) is 0.692. The Bertz CT molecular complexity index is 422. The first kappa shape index (κ1) is 11.6. The van der Waals surface area contributed by atoms with E-state index in [0.29, 0.717) is 5.92 Å². The average molecular weight is 234 g/mol. The molecule has 0 aliphatic heterocycles. The molecule has 0 saturated heterocycles. The second-order valence-corrected chi connectivity index (χ2v) is 6.25. The first-order valence-corrected chi connectivity index (χ1v) is 6.77. The molecule has 1 saturated carbocycles. The van der Waals surface area contributed by atoms with Gasteiger partial charge < -0.3 is 0 Å². The number of hydrogen-bond donors (Lipinski definition) is 0. The molecule has 2 nitrogen and oxygen atoms in total. The van der Waals surface area contributed by atoms with Crippen LogP contribution in [0.1, 0.15) is 48.7 Å². The molecule has 16 heavy (non-hydrogen) atoms. The molecule has 1 aliphatic rings. The van der Waals surface area contributed by atoms with Crippen molar-refractivity contribution in [2.75, 3.05) is 0 Å². The maximum Gasteiger partial charge on any atom is 0.0934 e. The Balaban J connectivity index is 2.28. The lowest BCUT2D eigenvalue weighted by atomic mass is 9.68. The molecule has 2 rings (SSSR count). The Morgan fingerprint density at radius 2 is 2.19 bits per heavy atom. The third kappa shape index (κ3) is 1.87. The molecule has 0 spiro atoms. The van der Waals surface area contributed by atoms with E-state index in [0.717, 1.165) is 25.0 Å². The van der Waals surface area contributed by atoms with Crippen molar-refractivity contribution in [3.8, 4) is 6.07 Å². The smallest absolute Gasteiger partial charge is 0.0934 e. The number of hydrogen-bond acceptors (Lipinski definition) is 3. The van der Waals surface area contributed by atoms with E-state index in [4.69, 9.17) is 0 Å². The van der Waals surface area contributed by atoms with Gasteiger partial charge in [-0.15, -0.1) is 11.3 Å². The van der Waals surface area contributed by atoms with Gasteiger partial charge in [-0.05, 0) is 32.1 Å². The Kier molecular flexibility index (Phi) is 3.03. The van der Waals surface area contributed by atoms with Crippen LogP contribution in [-0.4, -0.2) is 4.98 Å². The van der Waals surface area contributed by atoms with Gasteiger partial charge in [-0.25, -0.2) is 4.98 Å². The maximum atomic E-state index is 9.33. The maximum absolute atomic E-state index is 9.33. The molecule has 0 N–H and O–H groups in total. The molecule has 1 fully saturated rings. The van der Waals surface area contributed by atoms with Gasteiger partial charge >= 0.3 is 0 Å². The number of aryl methyl sites for hydroxylation is 1. The van der Waals surface area contributed by atoms with Gasteiger partial charge in [0.15, 0.2) is 0 Å². The van der Waals surface area contributed by atoms with Crippen LogP contribution < -0.4 is 0 Å². The standard InChI is InChI=1S/C13H18N2S/c1-9(2)7-11-15-10(3)12(16-11)13(8-14)5-4-6-13/h9H,4-7H2,1-3H3. The largest absolute Gasteiger partial charge is 0.246 e. The van der Waals surface area contributed by atoms with Crippen LogP contribution in [0.5, 0.6) is 0 Å². The van der Waals surface area contributed by atoms with E-state index in [9.17, 15) is 5.26 Å². The summed E-state index contributed by atoms with van der Waals surface area (Å²) in [5.41, 5.74) is 0.902. The SMILES string of the molecule is Cc1nc(CC(C)C)sc1C1(C#N)CCC1. The van der Waals surface area contributed by atoms with Gasteiger partial charge in [0.2, 0.25) is 0 Å². The van der Waals surface area contributed by atoms with Crippen molar-refractivity contribution < 1.29 is 0 Å². The number of nitriles is 1. The van der Waals surface area contributed by atoms with Crippen molar-refractivity contribution in [3.05, 3.63) is 15.6 Å². The molecule has 1 aliphatic carbocycles. The minimum Gasteiger partial charge on any atom is -0.246 e. The summed E-state index contributed by atoms with van der Waals surface area (Å²) in [5.74, 6) is 0.637. The zero-order valence-electron chi connectivity index (χ0n) is 10.2. The molecule has 0 aromatic carbocycles. The van der Waals surface area contributed by atoms with E-state index >= 15 is 0 Å². The topological polar surface area (TPSA) is 36.7 Å². The van der Waals surface area contributed by atoms with Gasteiger partial charge in [0.05, 0.1) is 22.2 Å². The Morgan fingerprint density at radius 3 is 2.62 bits per heavy atom. The number of thiazole rings is 1. The molecule has 0 radical (unpaired) electrons.